The number of amides is 1. The molecule has 4 rings (SSSR count). The highest BCUT2D eigenvalue weighted by Gasteiger charge is 2.30. The number of nitrogens with zero attached hydrogens (tertiary/aromatic N) is 3. The molecule has 2 aromatic carbocycles. The number of carbonyl (C=O) groups is 1. The van der Waals surface area contributed by atoms with Crippen molar-refractivity contribution in [3.05, 3.63) is 83.6 Å². The number of aromatic nitrogens is 1. The van der Waals surface area contributed by atoms with E-state index in [2.05, 4.69) is 20.1 Å². The van der Waals surface area contributed by atoms with E-state index in [0.29, 0.717) is 42.2 Å². The molecular weight excluding hydrogens is 457 g/mol. The molecule has 1 fully saturated rings. The van der Waals surface area contributed by atoms with Crippen molar-refractivity contribution < 1.29 is 22.7 Å². The molecule has 0 aliphatic carbocycles. The predicted molar refractivity (Wildman–Crippen MR) is 129 cm³/mol. The van der Waals surface area contributed by atoms with Crippen molar-refractivity contribution in [2.45, 2.75) is 19.1 Å². The minimum atomic E-state index is -4.34. The van der Waals surface area contributed by atoms with Gasteiger partial charge in [0.15, 0.2) is 0 Å². The molecular formula is C26H27F3N4O2. The van der Waals surface area contributed by atoms with E-state index in [1.54, 1.807) is 43.6 Å². The summed E-state index contributed by atoms with van der Waals surface area (Å²) in [5.41, 5.74) is 1.15. The lowest BCUT2D eigenvalue weighted by Crippen LogP contribution is -2.31. The van der Waals surface area contributed by atoms with E-state index < -0.39 is 11.7 Å². The van der Waals surface area contributed by atoms with Crippen LogP contribution in [0.1, 0.15) is 27.9 Å². The highest BCUT2D eigenvalue weighted by Crippen LogP contribution is 2.30. The van der Waals surface area contributed by atoms with Crippen molar-refractivity contribution in [3.8, 4) is 5.75 Å². The molecule has 0 saturated carbocycles. The molecule has 0 atom stereocenters. The maximum absolute atomic E-state index is 13.0. The number of rotatable bonds is 6. The summed E-state index contributed by atoms with van der Waals surface area (Å²) in [6.07, 6.45) is -1.84. The third-order valence-electron chi connectivity index (χ3n) is 5.93. The minimum Gasteiger partial charge on any atom is -0.497 e. The SMILES string of the molecule is COc1ccc(C(=O)Nc2ccc(N3CCCN(Cc4cccc(C(F)(F)F)c4)CC3)nc2)cc1. The molecule has 0 unspecified atom stereocenters. The number of halogens is 3. The van der Waals surface area contributed by atoms with Gasteiger partial charge in [0.25, 0.3) is 5.91 Å². The van der Waals surface area contributed by atoms with E-state index in [0.717, 1.165) is 31.4 Å². The van der Waals surface area contributed by atoms with Gasteiger partial charge in [0.1, 0.15) is 11.6 Å². The highest BCUT2D eigenvalue weighted by atomic mass is 19.4. The molecule has 2 heterocycles. The Morgan fingerprint density at radius 2 is 1.83 bits per heavy atom. The maximum Gasteiger partial charge on any atom is 0.416 e. The van der Waals surface area contributed by atoms with Crippen molar-refractivity contribution in [1.29, 1.82) is 0 Å². The molecule has 1 saturated heterocycles. The number of nitrogens with one attached hydrogen (secondary N) is 1. The number of ether oxygens (including phenoxy) is 1. The molecule has 9 heteroatoms. The second-order valence-corrected chi connectivity index (χ2v) is 8.40. The Morgan fingerprint density at radius 3 is 2.51 bits per heavy atom. The van der Waals surface area contributed by atoms with Gasteiger partial charge in [0, 0.05) is 38.3 Å². The number of anilines is 2. The Balaban J connectivity index is 1.32. The first-order valence-corrected chi connectivity index (χ1v) is 11.4. The Morgan fingerprint density at radius 1 is 1.03 bits per heavy atom. The molecule has 184 valence electrons. The summed E-state index contributed by atoms with van der Waals surface area (Å²) < 4.78 is 44.1. The fraction of sp³-hybridized carbons (Fsp3) is 0.308. The van der Waals surface area contributed by atoms with Crippen LogP contribution in [0.25, 0.3) is 0 Å². The highest BCUT2D eigenvalue weighted by molar-refractivity contribution is 6.04. The maximum atomic E-state index is 13.0. The summed E-state index contributed by atoms with van der Waals surface area (Å²) in [7, 11) is 1.57. The minimum absolute atomic E-state index is 0.234. The zero-order valence-electron chi connectivity index (χ0n) is 19.4. The first-order valence-electron chi connectivity index (χ1n) is 11.4. The Labute approximate surface area is 202 Å². The lowest BCUT2D eigenvalue weighted by atomic mass is 10.1. The zero-order valence-corrected chi connectivity index (χ0v) is 19.4. The van der Waals surface area contributed by atoms with E-state index in [9.17, 15) is 18.0 Å². The van der Waals surface area contributed by atoms with Crippen LogP contribution in [0.4, 0.5) is 24.7 Å². The normalized spacial score (nSPS) is 14.9. The topological polar surface area (TPSA) is 57.7 Å². The van der Waals surface area contributed by atoms with Crippen LogP contribution in [-0.4, -0.2) is 49.1 Å². The molecule has 35 heavy (non-hydrogen) atoms. The summed E-state index contributed by atoms with van der Waals surface area (Å²) in [4.78, 5) is 21.3. The second-order valence-electron chi connectivity index (χ2n) is 8.40. The van der Waals surface area contributed by atoms with Crippen LogP contribution in [0, 0.1) is 0 Å². The fourth-order valence-electron chi connectivity index (χ4n) is 4.06. The predicted octanol–water partition coefficient (Wildman–Crippen LogP) is 5.07. The molecule has 1 aliphatic heterocycles. The van der Waals surface area contributed by atoms with Crippen molar-refractivity contribution in [1.82, 2.24) is 9.88 Å². The zero-order chi connectivity index (χ0) is 24.8. The molecule has 0 radical (unpaired) electrons. The Hall–Kier alpha value is -3.59. The average molecular weight is 485 g/mol. The van der Waals surface area contributed by atoms with Gasteiger partial charge in [-0.15, -0.1) is 0 Å². The number of hydrogen-bond acceptors (Lipinski definition) is 5. The number of pyridine rings is 1. The van der Waals surface area contributed by atoms with Gasteiger partial charge < -0.3 is 15.0 Å². The Bertz CT molecular complexity index is 1130. The van der Waals surface area contributed by atoms with Crippen LogP contribution in [0.3, 0.4) is 0 Å². The quantitative estimate of drug-likeness (QED) is 0.529. The van der Waals surface area contributed by atoms with E-state index >= 15 is 0 Å². The molecule has 3 aromatic rings. The summed E-state index contributed by atoms with van der Waals surface area (Å²) in [5.74, 6) is 1.24. The molecule has 0 bridgehead atoms. The van der Waals surface area contributed by atoms with E-state index in [-0.39, 0.29) is 5.91 Å². The van der Waals surface area contributed by atoms with Crippen LogP contribution in [0.5, 0.6) is 5.75 Å². The average Bonchev–Trinajstić information content (AvgIpc) is 3.10. The number of benzene rings is 2. The number of hydrogen-bond donors (Lipinski definition) is 1. The van der Waals surface area contributed by atoms with Crippen LogP contribution >= 0.6 is 0 Å². The van der Waals surface area contributed by atoms with Crippen LogP contribution in [0.15, 0.2) is 66.9 Å². The molecule has 6 nitrogen and oxygen atoms in total. The fourth-order valence-corrected chi connectivity index (χ4v) is 4.06. The summed E-state index contributed by atoms with van der Waals surface area (Å²) in [5, 5.41) is 2.84. The lowest BCUT2D eigenvalue weighted by molar-refractivity contribution is -0.137. The first kappa shape index (κ1) is 24.5. The standard InChI is InChI=1S/C26H27F3N4O2/c1-35-23-9-6-20(7-10-23)25(34)31-22-8-11-24(30-17-22)33-13-3-12-32(14-15-33)18-19-4-2-5-21(16-19)26(27,28)29/h2,4-11,16-17H,3,12-15,18H2,1H3,(H,31,34). The van der Waals surface area contributed by atoms with Crippen LogP contribution < -0.4 is 15.0 Å². The van der Waals surface area contributed by atoms with Crippen molar-refractivity contribution in [2.24, 2.45) is 0 Å². The molecule has 1 N–H and O–H groups in total. The van der Waals surface area contributed by atoms with Gasteiger partial charge >= 0.3 is 6.18 Å². The largest absolute Gasteiger partial charge is 0.497 e. The number of alkyl halides is 3. The first-order chi connectivity index (χ1) is 16.8. The molecule has 1 aromatic heterocycles. The summed E-state index contributed by atoms with van der Waals surface area (Å²) in [6, 6.07) is 16.0. The van der Waals surface area contributed by atoms with Crippen molar-refractivity contribution >= 4 is 17.4 Å². The number of carbonyl (C=O) groups excluding carboxylic acids is 1. The molecule has 1 aliphatic rings. The van der Waals surface area contributed by atoms with Gasteiger partial charge in [-0.25, -0.2) is 4.98 Å². The van der Waals surface area contributed by atoms with Crippen LogP contribution in [0.2, 0.25) is 0 Å². The van der Waals surface area contributed by atoms with E-state index in [1.165, 1.54) is 12.1 Å². The van der Waals surface area contributed by atoms with Gasteiger partial charge in [0.05, 0.1) is 24.6 Å². The van der Waals surface area contributed by atoms with Gasteiger partial charge in [-0.2, -0.15) is 13.2 Å². The third kappa shape index (κ3) is 6.51. The summed E-state index contributed by atoms with van der Waals surface area (Å²) in [6.45, 7) is 3.49. The Kier molecular flexibility index (Phi) is 7.55. The van der Waals surface area contributed by atoms with E-state index in [1.807, 2.05) is 12.1 Å². The lowest BCUT2D eigenvalue weighted by Gasteiger charge is -2.23. The van der Waals surface area contributed by atoms with Gasteiger partial charge in [0.2, 0.25) is 0 Å². The molecule has 0 spiro atoms. The molecule has 1 amide bonds. The van der Waals surface area contributed by atoms with Gasteiger partial charge in [-0.05, 0) is 54.4 Å². The summed E-state index contributed by atoms with van der Waals surface area (Å²) >= 11 is 0. The third-order valence-corrected chi connectivity index (χ3v) is 5.93. The number of methoxy groups -OCH3 is 1. The second kappa shape index (κ2) is 10.8. The van der Waals surface area contributed by atoms with Gasteiger partial charge in [-0.1, -0.05) is 18.2 Å². The van der Waals surface area contributed by atoms with Crippen molar-refractivity contribution in [3.63, 3.8) is 0 Å². The van der Waals surface area contributed by atoms with Gasteiger partial charge in [-0.3, -0.25) is 9.69 Å². The van der Waals surface area contributed by atoms with E-state index in [4.69, 9.17) is 4.74 Å². The smallest absolute Gasteiger partial charge is 0.416 e. The monoisotopic (exact) mass is 484 g/mol. The van der Waals surface area contributed by atoms with Crippen molar-refractivity contribution in [2.75, 3.05) is 43.5 Å². The van der Waals surface area contributed by atoms with Crippen LogP contribution in [-0.2, 0) is 12.7 Å².